The zero-order valence-electron chi connectivity index (χ0n) is 10.1. The molecule has 0 saturated heterocycles. The second-order valence-corrected chi connectivity index (χ2v) is 3.77. The number of rotatable bonds is 11. The predicted octanol–water partition coefficient (Wildman–Crippen LogP) is -1.27. The molecule has 0 aliphatic carbocycles. The molecule has 0 aliphatic heterocycles. The van der Waals surface area contributed by atoms with E-state index >= 15 is 0 Å². The Hall–Kier alpha value is -0.530. The van der Waals surface area contributed by atoms with Crippen LogP contribution in [0.2, 0.25) is 0 Å². The molecule has 0 bridgehead atoms. The molecule has 0 aromatic heterocycles. The van der Waals surface area contributed by atoms with Gasteiger partial charge in [-0.05, 0) is 19.3 Å². The number of ketones is 1. The number of carbonyl (C=O) groups is 1. The van der Waals surface area contributed by atoms with Crippen LogP contribution in [0, 0.1) is 0 Å². The number of quaternary nitrogens is 1. The number of hydrogen-bond acceptors (Lipinski definition) is 5. The van der Waals surface area contributed by atoms with Crippen molar-refractivity contribution in [3.63, 3.8) is 0 Å². The Balaban J connectivity index is 3.40. The Morgan fingerprint density at radius 3 is 2.81 bits per heavy atom. The Kier molecular flexibility index (Phi) is 10.6. The van der Waals surface area contributed by atoms with Crippen molar-refractivity contribution in [3.8, 4) is 0 Å². The second kappa shape index (κ2) is 11.0. The largest absolute Gasteiger partial charge is 0.385 e. The molecular formula is C10H25N4O2+. The highest BCUT2D eigenvalue weighted by Gasteiger charge is 2.12. The van der Waals surface area contributed by atoms with Crippen LogP contribution >= 0.6 is 0 Å². The molecule has 0 radical (unpaired) electrons. The summed E-state index contributed by atoms with van der Waals surface area (Å²) in [6.45, 7) is 1.46. The van der Waals surface area contributed by atoms with E-state index in [1.165, 1.54) is 0 Å². The Morgan fingerprint density at radius 1 is 1.44 bits per heavy atom. The van der Waals surface area contributed by atoms with Crippen LogP contribution in [0.5, 0.6) is 0 Å². The van der Waals surface area contributed by atoms with Gasteiger partial charge in [0.1, 0.15) is 5.78 Å². The highest BCUT2D eigenvalue weighted by Crippen LogP contribution is 2.03. The maximum Gasteiger partial charge on any atom is 0.149 e. The van der Waals surface area contributed by atoms with E-state index in [4.69, 9.17) is 10.5 Å². The van der Waals surface area contributed by atoms with Crippen molar-refractivity contribution in [2.75, 3.05) is 20.3 Å². The fourth-order valence-corrected chi connectivity index (χ4v) is 1.40. The van der Waals surface area contributed by atoms with Gasteiger partial charge in [0.15, 0.2) is 0 Å². The van der Waals surface area contributed by atoms with Crippen molar-refractivity contribution in [3.05, 3.63) is 0 Å². The summed E-state index contributed by atoms with van der Waals surface area (Å²) in [5, 5.41) is 0. The molecule has 0 aromatic rings. The van der Waals surface area contributed by atoms with Crippen LogP contribution in [0.1, 0.15) is 32.1 Å². The molecule has 0 amide bonds. The number of ether oxygens (including phenoxy) is 1. The summed E-state index contributed by atoms with van der Waals surface area (Å²) < 4.78 is 4.88. The monoisotopic (exact) mass is 233 g/mol. The molecule has 0 aliphatic rings. The number of hydrogen-bond donors (Lipinski definition) is 4. The highest BCUT2D eigenvalue weighted by molar-refractivity contribution is 5.83. The van der Waals surface area contributed by atoms with Gasteiger partial charge in [0.25, 0.3) is 0 Å². The van der Waals surface area contributed by atoms with Crippen molar-refractivity contribution in [2.24, 2.45) is 5.73 Å². The van der Waals surface area contributed by atoms with Gasteiger partial charge in [0.2, 0.25) is 0 Å². The Bertz CT molecular complexity index is 178. The fourth-order valence-electron chi connectivity index (χ4n) is 1.40. The third-order valence-corrected chi connectivity index (χ3v) is 2.38. The number of methoxy groups -OCH3 is 1. The van der Waals surface area contributed by atoms with E-state index in [2.05, 4.69) is 16.8 Å². The standard InChI is InChI=1S/C10H24N4O2/c1-16-8-4-6-10(15)9(11)5-2-3-7-13-14-12/h9,13-14H,2-8,11-12H2,1H3/p+1. The van der Waals surface area contributed by atoms with Crippen LogP contribution in [0.3, 0.4) is 0 Å². The summed E-state index contributed by atoms with van der Waals surface area (Å²) in [6, 6.07) is -0.315. The summed E-state index contributed by atoms with van der Waals surface area (Å²) in [5.74, 6) is 3.58. The summed E-state index contributed by atoms with van der Waals surface area (Å²) >= 11 is 0. The van der Waals surface area contributed by atoms with E-state index in [0.717, 1.165) is 32.2 Å². The SMILES string of the molecule is COCCCC(=O)C(N)CCCCNN[NH3+]. The molecule has 0 aromatic carbocycles. The lowest BCUT2D eigenvalue weighted by molar-refractivity contribution is -0.456. The molecule has 6 nitrogen and oxygen atoms in total. The zero-order valence-corrected chi connectivity index (χ0v) is 10.1. The van der Waals surface area contributed by atoms with Crippen LogP contribution in [0.15, 0.2) is 0 Å². The van der Waals surface area contributed by atoms with E-state index in [1.807, 2.05) is 0 Å². The Morgan fingerprint density at radius 2 is 2.19 bits per heavy atom. The smallest absolute Gasteiger partial charge is 0.149 e. The van der Waals surface area contributed by atoms with Crippen molar-refractivity contribution in [2.45, 2.75) is 38.1 Å². The fraction of sp³-hybridized carbons (Fsp3) is 0.900. The third-order valence-electron chi connectivity index (χ3n) is 2.38. The van der Waals surface area contributed by atoms with Gasteiger partial charge in [-0.25, -0.2) is 5.43 Å². The van der Waals surface area contributed by atoms with Gasteiger partial charge >= 0.3 is 0 Å². The molecular weight excluding hydrogens is 208 g/mol. The summed E-state index contributed by atoms with van der Waals surface area (Å²) in [7, 11) is 1.63. The molecule has 6 heteroatoms. The van der Waals surface area contributed by atoms with E-state index in [1.54, 1.807) is 7.11 Å². The lowest BCUT2D eigenvalue weighted by atomic mass is 10.0. The third kappa shape index (κ3) is 8.75. The maximum absolute atomic E-state index is 11.5. The first-order valence-corrected chi connectivity index (χ1v) is 5.74. The molecule has 7 N–H and O–H groups in total. The van der Waals surface area contributed by atoms with E-state index in [9.17, 15) is 4.79 Å². The molecule has 1 unspecified atom stereocenters. The van der Waals surface area contributed by atoms with Crippen LogP contribution in [0.25, 0.3) is 0 Å². The second-order valence-electron chi connectivity index (χ2n) is 3.77. The van der Waals surface area contributed by atoms with Crippen molar-refractivity contribution >= 4 is 5.78 Å². The average Bonchev–Trinajstić information content (AvgIpc) is 2.28. The van der Waals surface area contributed by atoms with Crippen LogP contribution < -0.4 is 22.5 Å². The summed E-state index contributed by atoms with van der Waals surface area (Å²) in [4.78, 5) is 11.5. The Labute approximate surface area is 97.0 Å². The summed E-state index contributed by atoms with van der Waals surface area (Å²) in [5.41, 5.74) is 11.3. The lowest BCUT2D eigenvalue weighted by Gasteiger charge is -2.10. The van der Waals surface area contributed by atoms with Gasteiger partial charge in [0.05, 0.1) is 6.04 Å². The average molecular weight is 233 g/mol. The van der Waals surface area contributed by atoms with Gasteiger partial charge in [0, 0.05) is 26.7 Å². The minimum absolute atomic E-state index is 0.139. The van der Waals surface area contributed by atoms with Crippen LogP contribution in [-0.2, 0) is 9.53 Å². The molecule has 96 valence electrons. The van der Waals surface area contributed by atoms with E-state index < -0.39 is 0 Å². The van der Waals surface area contributed by atoms with Crippen molar-refractivity contribution in [1.29, 1.82) is 0 Å². The lowest BCUT2D eigenvalue weighted by Crippen LogP contribution is -2.70. The number of Topliss-reactive ketones (excluding diaryl/α,β-unsaturated/α-hetero) is 1. The van der Waals surface area contributed by atoms with Gasteiger partial charge in [-0.15, -0.1) is 5.53 Å². The minimum atomic E-state index is -0.315. The topological polar surface area (TPSA) is 104 Å². The molecule has 1 atom stereocenters. The highest BCUT2D eigenvalue weighted by atomic mass is 16.5. The molecule has 0 spiro atoms. The first kappa shape index (κ1) is 15.5. The van der Waals surface area contributed by atoms with E-state index in [-0.39, 0.29) is 11.8 Å². The number of nitrogens with one attached hydrogen (secondary N) is 2. The summed E-state index contributed by atoms with van der Waals surface area (Å²) in [6.07, 6.45) is 3.97. The van der Waals surface area contributed by atoms with Gasteiger partial charge in [-0.3, -0.25) is 10.6 Å². The zero-order chi connectivity index (χ0) is 12.2. The number of nitrogens with two attached hydrogens (primary N) is 1. The maximum atomic E-state index is 11.5. The molecule has 0 fully saturated rings. The quantitative estimate of drug-likeness (QED) is 0.263. The molecule has 0 saturated carbocycles. The van der Waals surface area contributed by atoms with Gasteiger partial charge in [-0.1, -0.05) is 6.42 Å². The minimum Gasteiger partial charge on any atom is -0.385 e. The first-order chi connectivity index (χ1) is 7.72. The number of unbranched alkanes of at least 4 members (excludes halogenated alkanes) is 1. The number of hydrazine groups is 1. The predicted molar refractivity (Wildman–Crippen MR) is 62.0 cm³/mol. The molecule has 0 heterocycles. The normalized spacial score (nSPS) is 12.7. The van der Waals surface area contributed by atoms with Crippen molar-refractivity contribution in [1.82, 2.24) is 11.0 Å². The van der Waals surface area contributed by atoms with E-state index in [0.29, 0.717) is 13.0 Å². The first-order valence-electron chi connectivity index (χ1n) is 5.74. The van der Waals surface area contributed by atoms with Gasteiger partial charge < -0.3 is 10.5 Å². The van der Waals surface area contributed by atoms with Gasteiger partial charge in [-0.2, -0.15) is 0 Å². The number of carbonyl (C=O) groups excluding carboxylic acids is 1. The molecule has 16 heavy (non-hydrogen) atoms. The van der Waals surface area contributed by atoms with Crippen LogP contribution in [0.4, 0.5) is 0 Å². The van der Waals surface area contributed by atoms with Crippen LogP contribution in [-0.4, -0.2) is 32.1 Å². The van der Waals surface area contributed by atoms with Crippen molar-refractivity contribution < 1.29 is 15.4 Å². The molecule has 0 rings (SSSR count).